The molecule has 10 heteroatoms. The van der Waals surface area contributed by atoms with E-state index in [1.54, 1.807) is 0 Å². The standard InChI is InChI=1S/C72H128NO8P/c1-6-8-10-12-14-16-18-20-22-24-26-27-28-29-30-31-32-33-34-35-36-37-38-39-40-41-42-43-44-45-47-49-51-53-55-57-59-61-63-65-72(75)81-70(69-80-82(76,77)79-67-66-73(3,4)5)68-78-71(74)64-62-60-58-56-54-52-50-48-46-25-23-21-19-17-15-13-11-9-7-2/h8-11,14-17,20-23,26-27,46,48,70H,6-7,12-13,18-19,24-25,28-45,47,49-69H2,1-5H3/p+1/b10-8-,11-9-,16-14-,17-15-,22-20-,23-21-,27-26-,48-46-. The monoisotopic (exact) mass is 1170 g/mol. The number of unbranched alkanes of at least 4 members (excludes halogenated alkanes) is 32. The summed E-state index contributed by atoms with van der Waals surface area (Å²) in [7, 11) is 1.47. The Morgan fingerprint density at radius 2 is 0.659 bits per heavy atom. The van der Waals surface area contributed by atoms with Crippen molar-refractivity contribution in [3.8, 4) is 0 Å². The van der Waals surface area contributed by atoms with Gasteiger partial charge in [-0.15, -0.1) is 0 Å². The highest BCUT2D eigenvalue weighted by Gasteiger charge is 2.27. The van der Waals surface area contributed by atoms with Gasteiger partial charge in [-0.2, -0.15) is 0 Å². The number of carbonyl (C=O) groups excluding carboxylic acids is 2. The first-order valence-corrected chi connectivity index (χ1v) is 35.5. The van der Waals surface area contributed by atoms with E-state index < -0.39 is 26.5 Å². The van der Waals surface area contributed by atoms with Gasteiger partial charge in [0.15, 0.2) is 6.10 Å². The van der Waals surface area contributed by atoms with Crippen LogP contribution >= 0.6 is 7.82 Å². The first kappa shape index (κ1) is 78.9. The van der Waals surface area contributed by atoms with Crippen molar-refractivity contribution in [1.82, 2.24) is 0 Å². The summed E-state index contributed by atoms with van der Waals surface area (Å²) in [6.07, 6.45) is 86.7. The summed E-state index contributed by atoms with van der Waals surface area (Å²) in [5.41, 5.74) is 0. The number of nitrogens with zero attached hydrogens (tertiary/aromatic N) is 1. The minimum absolute atomic E-state index is 0.0272. The molecule has 0 aliphatic carbocycles. The molecule has 0 aromatic carbocycles. The van der Waals surface area contributed by atoms with Gasteiger partial charge in [0.05, 0.1) is 27.7 Å². The van der Waals surface area contributed by atoms with Crippen LogP contribution in [0.15, 0.2) is 97.2 Å². The van der Waals surface area contributed by atoms with Crippen molar-refractivity contribution in [3.63, 3.8) is 0 Å². The van der Waals surface area contributed by atoms with Gasteiger partial charge in [-0.25, -0.2) is 4.57 Å². The summed E-state index contributed by atoms with van der Waals surface area (Å²) < 4.78 is 34.6. The van der Waals surface area contributed by atoms with Gasteiger partial charge in [0.2, 0.25) is 0 Å². The average Bonchev–Trinajstić information content (AvgIpc) is 3.46. The van der Waals surface area contributed by atoms with Crippen LogP contribution in [0.2, 0.25) is 0 Å². The minimum Gasteiger partial charge on any atom is -0.462 e. The maximum absolute atomic E-state index is 12.9. The zero-order chi connectivity index (χ0) is 59.8. The van der Waals surface area contributed by atoms with Crippen molar-refractivity contribution in [3.05, 3.63) is 97.2 Å². The normalized spacial score (nSPS) is 13.8. The van der Waals surface area contributed by atoms with E-state index in [2.05, 4.69) is 111 Å². The van der Waals surface area contributed by atoms with Crippen LogP contribution in [-0.2, 0) is 32.7 Å². The molecule has 474 valence electrons. The fraction of sp³-hybridized carbons (Fsp3) is 0.750. The van der Waals surface area contributed by atoms with Crippen molar-refractivity contribution in [2.24, 2.45) is 0 Å². The largest absolute Gasteiger partial charge is 0.472 e. The lowest BCUT2D eigenvalue weighted by Crippen LogP contribution is -2.37. The summed E-state index contributed by atoms with van der Waals surface area (Å²) in [4.78, 5) is 35.8. The van der Waals surface area contributed by atoms with Crippen molar-refractivity contribution in [2.75, 3.05) is 47.5 Å². The Bertz CT molecular complexity index is 1710. The highest BCUT2D eigenvalue weighted by atomic mass is 31.2. The Labute approximate surface area is 506 Å². The molecule has 0 fully saturated rings. The summed E-state index contributed by atoms with van der Waals surface area (Å²) in [5.74, 6) is -0.806. The number of phosphoric acid groups is 1. The second kappa shape index (κ2) is 62.5. The third kappa shape index (κ3) is 66.1. The van der Waals surface area contributed by atoms with Crippen LogP contribution in [0.25, 0.3) is 0 Å². The van der Waals surface area contributed by atoms with Gasteiger partial charge in [0.25, 0.3) is 0 Å². The molecule has 9 nitrogen and oxygen atoms in total. The maximum atomic E-state index is 12.9. The summed E-state index contributed by atoms with van der Waals surface area (Å²) in [5, 5.41) is 0. The van der Waals surface area contributed by atoms with Crippen LogP contribution in [-0.4, -0.2) is 74.9 Å². The van der Waals surface area contributed by atoms with E-state index in [0.29, 0.717) is 17.4 Å². The Hall–Kier alpha value is -3.07. The van der Waals surface area contributed by atoms with Crippen molar-refractivity contribution < 1.29 is 42.1 Å². The Morgan fingerprint density at radius 1 is 0.378 bits per heavy atom. The number of phosphoric ester groups is 1. The molecule has 0 saturated heterocycles. The number of rotatable bonds is 62. The lowest BCUT2D eigenvalue weighted by molar-refractivity contribution is -0.870. The SMILES string of the molecule is CC/C=C\C/C=C\C/C=C\C/C=C\CCCCCCCCCCCCCCCCCCCCCCCCCCCCC(=O)OC(COC(=O)CCCCCCCC/C=C\C/C=C\C/C=C\C/C=C\CC)COP(=O)(O)OCC[N+](C)(C)C. The molecule has 0 aromatic rings. The number of esters is 2. The van der Waals surface area contributed by atoms with Crippen molar-refractivity contribution in [1.29, 1.82) is 0 Å². The molecule has 0 heterocycles. The molecule has 2 atom stereocenters. The Morgan fingerprint density at radius 3 is 0.976 bits per heavy atom. The Kier molecular flexibility index (Phi) is 60.1. The van der Waals surface area contributed by atoms with Crippen LogP contribution in [0, 0.1) is 0 Å². The fourth-order valence-electron chi connectivity index (χ4n) is 9.47. The van der Waals surface area contributed by atoms with Gasteiger partial charge in [0, 0.05) is 12.8 Å². The second-order valence-corrected chi connectivity index (χ2v) is 25.3. The van der Waals surface area contributed by atoms with E-state index in [0.717, 1.165) is 103 Å². The highest BCUT2D eigenvalue weighted by Crippen LogP contribution is 2.43. The fourth-order valence-corrected chi connectivity index (χ4v) is 10.2. The van der Waals surface area contributed by atoms with E-state index >= 15 is 0 Å². The zero-order valence-corrected chi connectivity index (χ0v) is 54.8. The van der Waals surface area contributed by atoms with E-state index in [1.807, 2.05) is 21.1 Å². The lowest BCUT2D eigenvalue weighted by atomic mass is 10.0. The van der Waals surface area contributed by atoms with E-state index in [1.165, 1.54) is 161 Å². The van der Waals surface area contributed by atoms with Crippen LogP contribution in [0.5, 0.6) is 0 Å². The predicted octanol–water partition coefficient (Wildman–Crippen LogP) is 21.9. The number of quaternary nitrogens is 1. The third-order valence-corrected chi connectivity index (χ3v) is 15.6. The lowest BCUT2D eigenvalue weighted by Gasteiger charge is -2.24. The minimum atomic E-state index is -4.40. The van der Waals surface area contributed by atoms with Crippen molar-refractivity contribution >= 4 is 19.8 Å². The number of hydrogen-bond acceptors (Lipinski definition) is 7. The number of carbonyl (C=O) groups is 2. The number of hydrogen-bond donors (Lipinski definition) is 1. The van der Waals surface area contributed by atoms with E-state index in [4.69, 9.17) is 18.5 Å². The first-order chi connectivity index (χ1) is 40.0. The summed E-state index contributed by atoms with van der Waals surface area (Å²) in [6, 6.07) is 0. The molecule has 0 amide bonds. The molecule has 82 heavy (non-hydrogen) atoms. The molecule has 0 spiro atoms. The molecular weight excluding hydrogens is 1040 g/mol. The van der Waals surface area contributed by atoms with Gasteiger partial charge >= 0.3 is 19.8 Å². The van der Waals surface area contributed by atoms with Gasteiger partial charge < -0.3 is 18.9 Å². The number of ether oxygens (including phenoxy) is 2. The average molecular weight is 1170 g/mol. The van der Waals surface area contributed by atoms with Gasteiger partial charge in [-0.05, 0) is 89.9 Å². The van der Waals surface area contributed by atoms with Crippen LogP contribution < -0.4 is 0 Å². The van der Waals surface area contributed by atoms with Gasteiger partial charge in [-0.3, -0.25) is 18.6 Å². The van der Waals surface area contributed by atoms with Crippen LogP contribution in [0.1, 0.15) is 296 Å². The number of likely N-dealkylation sites (N-methyl/N-ethyl adjacent to an activating group) is 1. The molecule has 0 aliphatic heterocycles. The molecule has 0 aromatic heterocycles. The smallest absolute Gasteiger partial charge is 0.462 e. The van der Waals surface area contributed by atoms with Crippen LogP contribution in [0.4, 0.5) is 0 Å². The molecule has 0 rings (SSSR count). The highest BCUT2D eigenvalue weighted by molar-refractivity contribution is 7.47. The summed E-state index contributed by atoms with van der Waals surface area (Å²) in [6.45, 7) is 4.22. The predicted molar refractivity (Wildman–Crippen MR) is 353 cm³/mol. The van der Waals surface area contributed by atoms with Crippen LogP contribution in [0.3, 0.4) is 0 Å². The van der Waals surface area contributed by atoms with Gasteiger partial charge in [-0.1, -0.05) is 291 Å². The molecular formula is C72H129NO8P+. The van der Waals surface area contributed by atoms with E-state index in [9.17, 15) is 19.0 Å². The molecule has 0 saturated carbocycles. The number of allylic oxidation sites excluding steroid dienone is 16. The van der Waals surface area contributed by atoms with E-state index in [-0.39, 0.29) is 32.0 Å². The molecule has 0 aliphatic rings. The molecule has 0 bridgehead atoms. The molecule has 0 radical (unpaired) electrons. The maximum Gasteiger partial charge on any atom is 0.472 e. The summed E-state index contributed by atoms with van der Waals surface area (Å²) >= 11 is 0. The first-order valence-electron chi connectivity index (χ1n) is 34.0. The van der Waals surface area contributed by atoms with Gasteiger partial charge in [0.1, 0.15) is 19.8 Å². The zero-order valence-electron chi connectivity index (χ0n) is 54.0. The molecule has 1 N–H and O–H groups in total. The molecule has 2 unspecified atom stereocenters. The Balaban J connectivity index is 3.95. The quantitative estimate of drug-likeness (QED) is 0.0211. The second-order valence-electron chi connectivity index (χ2n) is 23.8. The topological polar surface area (TPSA) is 108 Å². The third-order valence-electron chi connectivity index (χ3n) is 14.6. The van der Waals surface area contributed by atoms with Crippen molar-refractivity contribution in [2.45, 2.75) is 302 Å².